The molecule has 0 radical (unpaired) electrons. The summed E-state index contributed by atoms with van der Waals surface area (Å²) in [5.74, 6) is 0.790. The fourth-order valence-electron chi connectivity index (χ4n) is 3.20. The van der Waals surface area contributed by atoms with Crippen molar-refractivity contribution in [3.8, 4) is 0 Å². The van der Waals surface area contributed by atoms with Crippen molar-refractivity contribution in [3.63, 3.8) is 0 Å². The molecular formula is C15H26N2O3. The van der Waals surface area contributed by atoms with Gasteiger partial charge in [-0.2, -0.15) is 0 Å². The van der Waals surface area contributed by atoms with E-state index in [2.05, 4.69) is 5.32 Å². The monoisotopic (exact) mass is 282 g/mol. The summed E-state index contributed by atoms with van der Waals surface area (Å²) >= 11 is 0. The van der Waals surface area contributed by atoms with Gasteiger partial charge in [0.1, 0.15) is 0 Å². The van der Waals surface area contributed by atoms with E-state index in [9.17, 15) is 4.79 Å². The van der Waals surface area contributed by atoms with Gasteiger partial charge < -0.3 is 19.7 Å². The van der Waals surface area contributed by atoms with Gasteiger partial charge in [-0.05, 0) is 43.4 Å². The van der Waals surface area contributed by atoms with Crippen LogP contribution in [0.25, 0.3) is 0 Å². The molecule has 3 rings (SSSR count). The summed E-state index contributed by atoms with van der Waals surface area (Å²) < 4.78 is 11.0. The lowest BCUT2D eigenvalue weighted by atomic mass is 9.80. The van der Waals surface area contributed by atoms with Gasteiger partial charge in [-0.1, -0.05) is 0 Å². The zero-order valence-corrected chi connectivity index (χ0v) is 12.2. The standard InChI is InChI=1S/C15H26N2O3/c18-14(16-6-10-20-11-13-1-2-13)17-7-3-15(12-17)4-8-19-9-5-15/h13H,1-12H2,(H,16,18). The van der Waals surface area contributed by atoms with Crippen molar-refractivity contribution >= 4 is 6.03 Å². The molecule has 1 saturated carbocycles. The quantitative estimate of drug-likeness (QED) is 0.780. The summed E-state index contributed by atoms with van der Waals surface area (Å²) in [5.41, 5.74) is 0.331. The number of likely N-dealkylation sites (tertiary alicyclic amines) is 1. The molecule has 2 aliphatic heterocycles. The lowest BCUT2D eigenvalue weighted by Crippen LogP contribution is -2.42. The lowest BCUT2D eigenvalue weighted by Gasteiger charge is -2.33. The Morgan fingerprint density at radius 3 is 2.85 bits per heavy atom. The third kappa shape index (κ3) is 3.64. The van der Waals surface area contributed by atoms with Crippen LogP contribution in [0.1, 0.15) is 32.1 Å². The van der Waals surface area contributed by atoms with Crippen LogP contribution >= 0.6 is 0 Å². The maximum Gasteiger partial charge on any atom is 0.317 e. The molecule has 20 heavy (non-hydrogen) atoms. The van der Waals surface area contributed by atoms with Crippen LogP contribution < -0.4 is 5.32 Å². The first-order chi connectivity index (χ1) is 9.77. The van der Waals surface area contributed by atoms with Crippen molar-refractivity contribution in [1.29, 1.82) is 0 Å². The molecule has 1 N–H and O–H groups in total. The molecule has 5 nitrogen and oxygen atoms in total. The highest BCUT2D eigenvalue weighted by Gasteiger charge is 2.40. The molecule has 0 aromatic heterocycles. The van der Waals surface area contributed by atoms with Gasteiger partial charge in [0, 0.05) is 39.5 Å². The average molecular weight is 282 g/mol. The minimum absolute atomic E-state index is 0.0726. The van der Waals surface area contributed by atoms with E-state index in [0.717, 1.165) is 58.1 Å². The first-order valence-corrected chi connectivity index (χ1v) is 7.96. The third-order valence-electron chi connectivity index (χ3n) is 4.85. The molecule has 0 unspecified atom stereocenters. The van der Waals surface area contributed by atoms with Crippen LogP contribution in [0.2, 0.25) is 0 Å². The first-order valence-electron chi connectivity index (χ1n) is 7.96. The molecular weight excluding hydrogens is 256 g/mol. The Morgan fingerprint density at radius 1 is 1.30 bits per heavy atom. The summed E-state index contributed by atoms with van der Waals surface area (Å²) in [6.07, 6.45) is 5.95. The number of ether oxygens (including phenoxy) is 2. The van der Waals surface area contributed by atoms with Gasteiger partial charge in [-0.25, -0.2) is 4.79 Å². The van der Waals surface area contributed by atoms with Crippen LogP contribution in [0.15, 0.2) is 0 Å². The number of hydrogen-bond donors (Lipinski definition) is 1. The number of urea groups is 1. The fraction of sp³-hybridized carbons (Fsp3) is 0.933. The maximum absolute atomic E-state index is 12.1. The SMILES string of the molecule is O=C(NCCOCC1CC1)N1CCC2(CCOCC2)C1. The molecule has 114 valence electrons. The van der Waals surface area contributed by atoms with Crippen molar-refractivity contribution in [2.75, 3.05) is 46.1 Å². The van der Waals surface area contributed by atoms with Gasteiger partial charge in [-0.15, -0.1) is 0 Å². The van der Waals surface area contributed by atoms with Crippen LogP contribution in [-0.2, 0) is 9.47 Å². The predicted octanol–water partition coefficient (Wildman–Crippen LogP) is 1.63. The molecule has 5 heteroatoms. The predicted molar refractivity (Wildman–Crippen MR) is 75.6 cm³/mol. The number of nitrogens with zero attached hydrogens (tertiary/aromatic N) is 1. The van der Waals surface area contributed by atoms with Crippen LogP contribution in [0.5, 0.6) is 0 Å². The van der Waals surface area contributed by atoms with Crippen LogP contribution in [0.4, 0.5) is 4.79 Å². The zero-order chi connectivity index (χ0) is 13.8. The van der Waals surface area contributed by atoms with Gasteiger partial charge in [-0.3, -0.25) is 0 Å². The Bertz CT molecular complexity index is 338. The second-order valence-electron chi connectivity index (χ2n) is 6.53. The van der Waals surface area contributed by atoms with E-state index < -0.39 is 0 Å². The molecule has 3 fully saturated rings. The van der Waals surface area contributed by atoms with E-state index in [4.69, 9.17) is 9.47 Å². The topological polar surface area (TPSA) is 50.8 Å². The molecule has 2 heterocycles. The lowest BCUT2D eigenvalue weighted by molar-refractivity contribution is 0.0208. The van der Waals surface area contributed by atoms with E-state index >= 15 is 0 Å². The highest BCUT2D eigenvalue weighted by atomic mass is 16.5. The Balaban J connectivity index is 1.33. The van der Waals surface area contributed by atoms with Crippen LogP contribution in [0, 0.1) is 11.3 Å². The highest BCUT2D eigenvalue weighted by molar-refractivity contribution is 5.74. The Kier molecular flexibility index (Phi) is 4.46. The van der Waals surface area contributed by atoms with E-state index in [1.54, 1.807) is 0 Å². The summed E-state index contributed by atoms with van der Waals surface area (Å²) in [6, 6.07) is 0.0726. The largest absolute Gasteiger partial charge is 0.381 e. The van der Waals surface area contributed by atoms with Crippen LogP contribution in [0.3, 0.4) is 0 Å². The summed E-state index contributed by atoms with van der Waals surface area (Å²) in [6.45, 7) is 5.60. The fourth-order valence-corrected chi connectivity index (χ4v) is 3.20. The minimum Gasteiger partial charge on any atom is -0.381 e. The van der Waals surface area contributed by atoms with Gasteiger partial charge in [0.15, 0.2) is 0 Å². The van der Waals surface area contributed by atoms with Gasteiger partial charge in [0.25, 0.3) is 0 Å². The van der Waals surface area contributed by atoms with Crippen molar-refractivity contribution in [1.82, 2.24) is 10.2 Å². The number of amides is 2. The Morgan fingerprint density at radius 2 is 2.10 bits per heavy atom. The number of carbonyl (C=O) groups is 1. The molecule has 2 amide bonds. The van der Waals surface area contributed by atoms with Crippen molar-refractivity contribution in [2.24, 2.45) is 11.3 Å². The molecule has 1 aliphatic carbocycles. The summed E-state index contributed by atoms with van der Waals surface area (Å²) in [4.78, 5) is 14.1. The molecule has 3 aliphatic rings. The Hall–Kier alpha value is -0.810. The number of carbonyl (C=O) groups excluding carboxylic acids is 1. The van der Waals surface area contributed by atoms with Gasteiger partial charge in [0.2, 0.25) is 0 Å². The summed E-state index contributed by atoms with van der Waals surface area (Å²) in [7, 11) is 0. The number of rotatable bonds is 5. The molecule has 1 spiro atoms. The number of hydrogen-bond acceptors (Lipinski definition) is 3. The molecule has 0 aromatic carbocycles. The van der Waals surface area contributed by atoms with E-state index in [0.29, 0.717) is 18.6 Å². The second-order valence-corrected chi connectivity index (χ2v) is 6.53. The summed E-state index contributed by atoms with van der Waals surface area (Å²) in [5, 5.41) is 2.97. The first kappa shape index (κ1) is 14.1. The molecule has 0 atom stereocenters. The van der Waals surface area contributed by atoms with Crippen molar-refractivity contribution in [2.45, 2.75) is 32.1 Å². The maximum atomic E-state index is 12.1. The molecule has 0 aromatic rings. The normalized spacial score (nSPS) is 25.1. The van der Waals surface area contributed by atoms with Crippen LogP contribution in [-0.4, -0.2) is 57.0 Å². The second kappa shape index (κ2) is 6.31. The smallest absolute Gasteiger partial charge is 0.317 e. The highest BCUT2D eigenvalue weighted by Crippen LogP contribution is 2.39. The third-order valence-corrected chi connectivity index (χ3v) is 4.85. The van der Waals surface area contributed by atoms with Gasteiger partial charge in [0.05, 0.1) is 6.61 Å². The molecule has 0 bridgehead atoms. The van der Waals surface area contributed by atoms with Crippen molar-refractivity contribution < 1.29 is 14.3 Å². The number of nitrogens with one attached hydrogen (secondary N) is 1. The van der Waals surface area contributed by atoms with Gasteiger partial charge >= 0.3 is 6.03 Å². The van der Waals surface area contributed by atoms with E-state index in [-0.39, 0.29) is 6.03 Å². The zero-order valence-electron chi connectivity index (χ0n) is 12.2. The average Bonchev–Trinajstić information content (AvgIpc) is 3.20. The van der Waals surface area contributed by atoms with E-state index in [1.807, 2.05) is 4.90 Å². The molecule has 2 saturated heterocycles. The van der Waals surface area contributed by atoms with Crippen molar-refractivity contribution in [3.05, 3.63) is 0 Å². The minimum atomic E-state index is 0.0726. The van der Waals surface area contributed by atoms with E-state index in [1.165, 1.54) is 12.8 Å². The Labute approximate surface area is 121 Å².